The lowest BCUT2D eigenvalue weighted by Crippen LogP contribution is -2.30. The third-order valence-electron chi connectivity index (χ3n) is 5.76. The number of halogens is 1. The van der Waals surface area contributed by atoms with Crippen molar-refractivity contribution in [3.63, 3.8) is 0 Å². The van der Waals surface area contributed by atoms with Crippen molar-refractivity contribution in [2.24, 2.45) is 5.92 Å². The zero-order valence-electron chi connectivity index (χ0n) is 19.0. The van der Waals surface area contributed by atoms with Crippen LogP contribution in [0.4, 0.5) is 0 Å². The number of phenols is 1. The van der Waals surface area contributed by atoms with E-state index in [1.165, 1.54) is 0 Å². The number of rotatable bonds is 9. The summed E-state index contributed by atoms with van der Waals surface area (Å²) in [6.07, 6.45) is 5.66. The summed E-state index contributed by atoms with van der Waals surface area (Å²) >= 11 is 6.38. The molecule has 0 aliphatic carbocycles. The number of para-hydroxylation sites is 2. The van der Waals surface area contributed by atoms with Gasteiger partial charge in [-0.2, -0.15) is 0 Å². The Kier molecular flexibility index (Phi) is 8.42. The summed E-state index contributed by atoms with van der Waals surface area (Å²) in [5.41, 5.74) is 1.54. The number of benzene rings is 3. The van der Waals surface area contributed by atoms with Gasteiger partial charge in [-0.05, 0) is 37.1 Å². The molecule has 3 aromatic carbocycles. The van der Waals surface area contributed by atoms with E-state index in [9.17, 15) is 5.11 Å². The minimum absolute atomic E-state index is 0.0482. The highest BCUT2D eigenvalue weighted by Gasteiger charge is 2.35. The Morgan fingerprint density at radius 2 is 1.68 bits per heavy atom. The van der Waals surface area contributed by atoms with Gasteiger partial charge in [0.15, 0.2) is 6.29 Å². The standard InChI is InChI=1S/C29H29ClO4/c1-21(33-23-14-6-3-7-15-23)12-4-2-5-13-22-20-32-29(24-16-8-10-18-26(24)30)34-28(22)25-17-9-11-19-27(25)31/h2-3,5-11,14-19,22,28-29,31H,1,4,12-13,20H2/b5-2-/t22-,28+,29?/m1/s1. The van der Waals surface area contributed by atoms with Crippen molar-refractivity contribution >= 4 is 11.6 Å². The Hall–Kier alpha value is -3.05. The van der Waals surface area contributed by atoms with Crippen LogP contribution in [0.2, 0.25) is 5.02 Å². The van der Waals surface area contributed by atoms with Gasteiger partial charge in [-0.15, -0.1) is 0 Å². The topological polar surface area (TPSA) is 47.9 Å². The van der Waals surface area contributed by atoms with Gasteiger partial charge in [0, 0.05) is 28.5 Å². The van der Waals surface area contributed by atoms with Gasteiger partial charge in [0.25, 0.3) is 0 Å². The first-order chi connectivity index (χ1) is 16.6. The molecule has 1 aliphatic rings. The molecule has 1 heterocycles. The number of aromatic hydroxyl groups is 1. The molecule has 1 saturated heterocycles. The SMILES string of the molecule is C=C(CC/C=C\C[C@@H]1COC(c2ccccc2Cl)O[C@@H]1c1ccccc1O)Oc1ccccc1. The van der Waals surface area contributed by atoms with Crippen LogP contribution in [0.5, 0.6) is 11.5 Å². The van der Waals surface area contributed by atoms with Crippen LogP contribution in [-0.2, 0) is 9.47 Å². The van der Waals surface area contributed by atoms with Gasteiger partial charge in [-0.25, -0.2) is 0 Å². The molecule has 176 valence electrons. The average Bonchev–Trinajstić information content (AvgIpc) is 2.85. The summed E-state index contributed by atoms with van der Waals surface area (Å²) < 4.78 is 18.2. The maximum absolute atomic E-state index is 10.5. The van der Waals surface area contributed by atoms with Gasteiger partial charge in [-0.1, -0.05) is 84.9 Å². The van der Waals surface area contributed by atoms with Gasteiger partial charge in [0.1, 0.15) is 11.5 Å². The van der Waals surface area contributed by atoms with E-state index in [0.717, 1.165) is 41.9 Å². The molecule has 1 N–H and O–H groups in total. The lowest BCUT2D eigenvalue weighted by molar-refractivity contribution is -0.244. The lowest BCUT2D eigenvalue weighted by Gasteiger charge is -2.37. The quantitative estimate of drug-likeness (QED) is 0.253. The molecule has 34 heavy (non-hydrogen) atoms. The van der Waals surface area contributed by atoms with E-state index in [2.05, 4.69) is 18.7 Å². The first-order valence-electron chi connectivity index (χ1n) is 11.5. The number of allylic oxidation sites excluding steroid dienone is 3. The van der Waals surface area contributed by atoms with E-state index in [1.54, 1.807) is 6.07 Å². The van der Waals surface area contributed by atoms with E-state index in [1.807, 2.05) is 72.8 Å². The van der Waals surface area contributed by atoms with Crippen LogP contribution in [0, 0.1) is 5.92 Å². The van der Waals surface area contributed by atoms with Crippen molar-refractivity contribution in [2.75, 3.05) is 6.61 Å². The molecule has 5 heteroatoms. The summed E-state index contributed by atoms with van der Waals surface area (Å²) in [5.74, 6) is 1.80. The second-order valence-corrected chi connectivity index (χ2v) is 8.67. The van der Waals surface area contributed by atoms with Crippen molar-refractivity contribution < 1.29 is 19.3 Å². The fourth-order valence-corrected chi connectivity index (χ4v) is 4.22. The maximum atomic E-state index is 10.5. The number of phenolic OH excluding ortho intramolecular Hbond substituents is 1. The van der Waals surface area contributed by atoms with Crippen molar-refractivity contribution in [3.05, 3.63) is 120 Å². The van der Waals surface area contributed by atoms with E-state index < -0.39 is 6.29 Å². The molecule has 1 fully saturated rings. The molecule has 1 aliphatic heterocycles. The zero-order chi connectivity index (χ0) is 23.8. The molecule has 0 aromatic heterocycles. The van der Waals surface area contributed by atoms with Crippen LogP contribution >= 0.6 is 11.6 Å². The Labute approximate surface area is 206 Å². The first kappa shape index (κ1) is 24.1. The second kappa shape index (κ2) is 11.9. The maximum Gasteiger partial charge on any atom is 0.186 e. The third-order valence-corrected chi connectivity index (χ3v) is 6.11. The fourth-order valence-electron chi connectivity index (χ4n) is 4.00. The van der Waals surface area contributed by atoms with Crippen molar-refractivity contribution in [1.29, 1.82) is 0 Å². The predicted molar refractivity (Wildman–Crippen MR) is 135 cm³/mol. The zero-order valence-corrected chi connectivity index (χ0v) is 19.7. The van der Waals surface area contributed by atoms with Crippen LogP contribution in [0.3, 0.4) is 0 Å². The van der Waals surface area contributed by atoms with Crippen LogP contribution in [0.15, 0.2) is 103 Å². The molecule has 0 saturated carbocycles. The van der Waals surface area contributed by atoms with E-state index in [-0.39, 0.29) is 17.8 Å². The van der Waals surface area contributed by atoms with E-state index >= 15 is 0 Å². The summed E-state index contributed by atoms with van der Waals surface area (Å²) in [6.45, 7) is 4.50. The Balaban J connectivity index is 1.37. The molecule has 3 atom stereocenters. The third kappa shape index (κ3) is 6.29. The van der Waals surface area contributed by atoms with Crippen molar-refractivity contribution in [3.8, 4) is 11.5 Å². The van der Waals surface area contributed by atoms with Crippen LogP contribution in [0.1, 0.15) is 42.8 Å². The summed E-state index contributed by atoms with van der Waals surface area (Å²) in [4.78, 5) is 0. The molecule has 0 amide bonds. The van der Waals surface area contributed by atoms with Crippen LogP contribution < -0.4 is 4.74 Å². The normalized spacial score (nSPS) is 20.3. The van der Waals surface area contributed by atoms with Crippen molar-refractivity contribution in [1.82, 2.24) is 0 Å². The molecule has 3 aromatic rings. The number of hydrogen-bond acceptors (Lipinski definition) is 4. The largest absolute Gasteiger partial charge is 0.508 e. The van der Waals surface area contributed by atoms with Gasteiger partial charge in [-0.3, -0.25) is 0 Å². The molecule has 0 spiro atoms. The highest BCUT2D eigenvalue weighted by atomic mass is 35.5. The van der Waals surface area contributed by atoms with E-state index in [0.29, 0.717) is 11.6 Å². The summed E-state index contributed by atoms with van der Waals surface area (Å²) in [6, 6.07) is 24.5. The molecular formula is C29H29ClO4. The smallest absolute Gasteiger partial charge is 0.186 e. The highest BCUT2D eigenvalue weighted by Crippen LogP contribution is 2.43. The fraction of sp³-hybridized carbons (Fsp3) is 0.241. The van der Waals surface area contributed by atoms with E-state index in [4.69, 9.17) is 25.8 Å². The van der Waals surface area contributed by atoms with Crippen LogP contribution in [0.25, 0.3) is 0 Å². The average molecular weight is 477 g/mol. The van der Waals surface area contributed by atoms with Gasteiger partial charge in [0.05, 0.1) is 18.5 Å². The summed E-state index contributed by atoms with van der Waals surface area (Å²) in [5, 5.41) is 11.1. The molecule has 4 nitrogen and oxygen atoms in total. The van der Waals surface area contributed by atoms with Gasteiger partial charge >= 0.3 is 0 Å². The van der Waals surface area contributed by atoms with Crippen molar-refractivity contribution in [2.45, 2.75) is 31.7 Å². The highest BCUT2D eigenvalue weighted by molar-refractivity contribution is 6.31. The van der Waals surface area contributed by atoms with Gasteiger partial charge in [0.2, 0.25) is 0 Å². The monoisotopic (exact) mass is 476 g/mol. The predicted octanol–water partition coefficient (Wildman–Crippen LogP) is 7.77. The molecular weight excluding hydrogens is 448 g/mol. The molecule has 4 rings (SSSR count). The van der Waals surface area contributed by atoms with Crippen LogP contribution in [-0.4, -0.2) is 11.7 Å². The minimum atomic E-state index is -0.586. The Morgan fingerprint density at radius 3 is 2.44 bits per heavy atom. The molecule has 1 unspecified atom stereocenters. The Bertz CT molecular complexity index is 1110. The van der Waals surface area contributed by atoms with Gasteiger partial charge < -0.3 is 19.3 Å². The minimum Gasteiger partial charge on any atom is -0.508 e. The second-order valence-electron chi connectivity index (χ2n) is 8.26. The summed E-state index contributed by atoms with van der Waals surface area (Å²) in [7, 11) is 0. The number of ether oxygens (including phenoxy) is 3. The first-order valence-corrected chi connectivity index (χ1v) is 11.8. The molecule has 0 radical (unpaired) electrons. The lowest BCUT2D eigenvalue weighted by atomic mass is 9.91. The Morgan fingerprint density at radius 1 is 0.971 bits per heavy atom. The number of hydrogen-bond donors (Lipinski definition) is 1. The molecule has 0 bridgehead atoms.